The second kappa shape index (κ2) is 6.73. The van der Waals surface area contributed by atoms with Crippen molar-refractivity contribution in [2.45, 2.75) is 19.3 Å². The van der Waals surface area contributed by atoms with Crippen LogP contribution in [-0.4, -0.2) is 53.9 Å². The van der Waals surface area contributed by atoms with Crippen LogP contribution in [0.2, 0.25) is 0 Å². The van der Waals surface area contributed by atoms with Gasteiger partial charge in [0.05, 0.1) is 0 Å². The minimum absolute atomic E-state index is 0.138. The highest BCUT2D eigenvalue weighted by Crippen LogP contribution is 2.22. The summed E-state index contributed by atoms with van der Waals surface area (Å²) >= 11 is 5.09. The number of benzene rings is 1. The van der Waals surface area contributed by atoms with Crippen molar-refractivity contribution in [3.05, 3.63) is 35.4 Å². The van der Waals surface area contributed by atoms with Gasteiger partial charge in [0.25, 0.3) is 11.8 Å². The number of amides is 2. The van der Waals surface area contributed by atoms with Gasteiger partial charge in [-0.2, -0.15) is 0 Å². The van der Waals surface area contributed by atoms with Crippen molar-refractivity contribution in [3.8, 4) is 0 Å². The summed E-state index contributed by atoms with van der Waals surface area (Å²) in [6, 6.07) is 8.00. The lowest BCUT2D eigenvalue weighted by Gasteiger charge is -2.31. The Morgan fingerprint density at radius 1 is 0.917 bits per heavy atom. The predicted octanol–water partition coefficient (Wildman–Crippen LogP) is 2.28. The Morgan fingerprint density at radius 2 is 1.46 bits per heavy atom. The molecule has 0 saturated carbocycles. The Kier molecular flexibility index (Phi) is 4.66. The summed E-state index contributed by atoms with van der Waals surface area (Å²) in [5, 5.41) is 0.225. The number of rotatable bonds is 2. The van der Waals surface area contributed by atoms with Crippen molar-refractivity contribution < 1.29 is 9.59 Å². The van der Waals surface area contributed by atoms with E-state index in [0.29, 0.717) is 0 Å². The first-order valence-corrected chi connectivity index (χ1v) is 8.56. The quantitative estimate of drug-likeness (QED) is 0.469. The summed E-state index contributed by atoms with van der Waals surface area (Å²) in [6.45, 7) is 2.18. The molecule has 0 bridgehead atoms. The minimum atomic E-state index is -0.358. The highest BCUT2D eigenvalue weighted by atomic mass is 32.1. The molecule has 3 rings (SSSR count). The normalized spacial score (nSPS) is 19.2. The van der Waals surface area contributed by atoms with Gasteiger partial charge in [0.15, 0.2) is 5.11 Å². The van der Waals surface area contributed by atoms with Gasteiger partial charge in [-0.1, -0.05) is 12.1 Å². The van der Waals surface area contributed by atoms with Crippen LogP contribution >= 0.6 is 12.2 Å². The third kappa shape index (κ3) is 3.06. The van der Waals surface area contributed by atoms with Crippen LogP contribution < -0.4 is 4.90 Å². The molecule has 24 heavy (non-hydrogen) atoms. The number of anilines is 1. The maximum absolute atomic E-state index is 12.3. The molecule has 126 valence electrons. The molecule has 0 N–H and O–H groups in total. The predicted molar refractivity (Wildman–Crippen MR) is 98.6 cm³/mol. The second-order valence-corrected chi connectivity index (χ2v) is 6.57. The first kappa shape index (κ1) is 16.6. The molecule has 5 nitrogen and oxygen atoms in total. The lowest BCUT2D eigenvalue weighted by molar-refractivity contribution is -0.132. The maximum Gasteiger partial charge on any atom is 0.265 e. The van der Waals surface area contributed by atoms with Gasteiger partial charge >= 0.3 is 0 Å². The van der Waals surface area contributed by atoms with Crippen LogP contribution in [0.1, 0.15) is 24.8 Å². The van der Waals surface area contributed by atoms with Crippen LogP contribution in [0.5, 0.6) is 0 Å². The van der Waals surface area contributed by atoms with E-state index in [1.54, 1.807) is 20.2 Å². The Bertz CT molecular complexity index is 679. The molecule has 0 aliphatic carbocycles. The molecular formula is C18H21N3O2S. The van der Waals surface area contributed by atoms with Gasteiger partial charge < -0.3 is 4.90 Å². The summed E-state index contributed by atoms with van der Waals surface area (Å²) in [5.74, 6) is -0.716. The van der Waals surface area contributed by atoms with Gasteiger partial charge in [-0.3, -0.25) is 19.4 Å². The first-order valence-electron chi connectivity index (χ1n) is 8.16. The van der Waals surface area contributed by atoms with E-state index in [-0.39, 0.29) is 22.5 Å². The number of hydrogen-bond donors (Lipinski definition) is 0. The monoisotopic (exact) mass is 343 g/mol. The van der Waals surface area contributed by atoms with E-state index in [1.165, 1.54) is 34.7 Å². The third-order valence-corrected chi connectivity index (χ3v) is 5.12. The van der Waals surface area contributed by atoms with Crippen LogP contribution in [0.15, 0.2) is 29.8 Å². The molecule has 6 heteroatoms. The van der Waals surface area contributed by atoms with E-state index in [1.807, 2.05) is 24.3 Å². The van der Waals surface area contributed by atoms with Crippen molar-refractivity contribution in [2.75, 3.05) is 32.1 Å². The van der Waals surface area contributed by atoms with E-state index in [2.05, 4.69) is 4.90 Å². The summed E-state index contributed by atoms with van der Waals surface area (Å²) in [6.07, 6.45) is 5.40. The average Bonchev–Trinajstić information content (AvgIpc) is 2.63. The molecule has 2 aliphatic heterocycles. The number of thiocarbonyl (C=S) groups is 1. The zero-order valence-corrected chi connectivity index (χ0v) is 14.8. The van der Waals surface area contributed by atoms with E-state index >= 15 is 0 Å². The third-order valence-electron chi connectivity index (χ3n) is 4.57. The highest BCUT2D eigenvalue weighted by molar-refractivity contribution is 7.80. The molecule has 1 aromatic rings. The zero-order chi connectivity index (χ0) is 17.3. The van der Waals surface area contributed by atoms with E-state index in [4.69, 9.17) is 12.2 Å². The Balaban J connectivity index is 1.83. The summed E-state index contributed by atoms with van der Waals surface area (Å²) < 4.78 is 0. The SMILES string of the molecule is CN1C(=O)C(=Cc2ccc(N3CCCCC3)cc2)C(=O)N(C)C1=S. The molecule has 2 fully saturated rings. The molecule has 2 amide bonds. The van der Waals surface area contributed by atoms with Crippen molar-refractivity contribution in [3.63, 3.8) is 0 Å². The number of carbonyl (C=O) groups excluding carboxylic acids is 2. The van der Waals surface area contributed by atoms with E-state index in [0.717, 1.165) is 18.7 Å². The topological polar surface area (TPSA) is 43.9 Å². The fourth-order valence-corrected chi connectivity index (χ4v) is 3.24. The molecular weight excluding hydrogens is 322 g/mol. The minimum Gasteiger partial charge on any atom is -0.372 e. The average molecular weight is 343 g/mol. The molecule has 1 aromatic carbocycles. The van der Waals surface area contributed by atoms with E-state index in [9.17, 15) is 9.59 Å². The second-order valence-electron chi connectivity index (χ2n) is 6.21. The molecule has 0 radical (unpaired) electrons. The molecule has 0 unspecified atom stereocenters. The fraction of sp³-hybridized carbons (Fsp3) is 0.389. The van der Waals surface area contributed by atoms with Crippen molar-refractivity contribution in [1.29, 1.82) is 0 Å². The van der Waals surface area contributed by atoms with Gasteiger partial charge in [-0.25, -0.2) is 0 Å². The van der Waals surface area contributed by atoms with Gasteiger partial charge in [-0.05, 0) is 55.3 Å². The fourth-order valence-electron chi connectivity index (χ4n) is 3.08. The molecule has 0 spiro atoms. The Labute approximate surface area is 147 Å². The lowest BCUT2D eigenvalue weighted by Crippen LogP contribution is -2.52. The Hall–Kier alpha value is -2.21. The van der Waals surface area contributed by atoms with Gasteiger partial charge in [0, 0.05) is 32.9 Å². The summed E-state index contributed by atoms with van der Waals surface area (Å²) in [4.78, 5) is 29.7. The number of likely N-dealkylation sites (N-methyl/N-ethyl adjacent to an activating group) is 2. The molecule has 2 aliphatic rings. The molecule has 2 saturated heterocycles. The molecule has 0 atom stereocenters. The van der Waals surface area contributed by atoms with Gasteiger partial charge in [0.1, 0.15) is 5.57 Å². The zero-order valence-electron chi connectivity index (χ0n) is 14.0. The van der Waals surface area contributed by atoms with E-state index < -0.39 is 0 Å². The maximum atomic E-state index is 12.3. The molecule has 0 aromatic heterocycles. The van der Waals surface area contributed by atoms with Gasteiger partial charge in [-0.15, -0.1) is 0 Å². The largest absolute Gasteiger partial charge is 0.372 e. The lowest BCUT2D eigenvalue weighted by atomic mass is 10.1. The van der Waals surface area contributed by atoms with Crippen molar-refractivity contribution in [1.82, 2.24) is 9.80 Å². The first-order chi connectivity index (χ1) is 11.5. The molecule has 2 heterocycles. The van der Waals surface area contributed by atoms with Crippen LogP contribution in [0, 0.1) is 0 Å². The van der Waals surface area contributed by atoms with Crippen LogP contribution in [0.25, 0.3) is 6.08 Å². The number of carbonyl (C=O) groups is 2. The summed E-state index contributed by atoms with van der Waals surface area (Å²) in [7, 11) is 3.17. The Morgan fingerprint density at radius 3 is 2.00 bits per heavy atom. The van der Waals surface area contributed by atoms with Crippen molar-refractivity contribution >= 4 is 40.9 Å². The smallest absolute Gasteiger partial charge is 0.265 e. The highest BCUT2D eigenvalue weighted by Gasteiger charge is 2.35. The van der Waals surface area contributed by atoms with Crippen LogP contribution in [0.4, 0.5) is 5.69 Å². The standard InChI is InChI=1S/C18H21N3O2S/c1-19-16(22)15(17(23)20(2)18(19)24)12-13-6-8-14(9-7-13)21-10-4-3-5-11-21/h6-9,12H,3-5,10-11H2,1-2H3. The van der Waals surface area contributed by atoms with Crippen molar-refractivity contribution in [2.24, 2.45) is 0 Å². The number of nitrogens with zero attached hydrogens (tertiary/aromatic N) is 3. The number of hydrogen-bond acceptors (Lipinski definition) is 4. The van der Waals surface area contributed by atoms with Crippen LogP contribution in [-0.2, 0) is 9.59 Å². The van der Waals surface area contributed by atoms with Gasteiger partial charge in [0.2, 0.25) is 0 Å². The number of piperidine rings is 1. The summed E-state index contributed by atoms with van der Waals surface area (Å²) in [5.41, 5.74) is 2.16. The van der Waals surface area contributed by atoms with Crippen LogP contribution in [0.3, 0.4) is 0 Å².